The Bertz CT molecular complexity index is 939. The van der Waals surface area contributed by atoms with Crippen LogP contribution in [0.5, 0.6) is 0 Å². The molecule has 0 atom stereocenters. The summed E-state index contributed by atoms with van der Waals surface area (Å²) >= 11 is 0. The summed E-state index contributed by atoms with van der Waals surface area (Å²) in [4.78, 5) is 36.4. The predicted molar refractivity (Wildman–Crippen MR) is 94.8 cm³/mol. The van der Waals surface area contributed by atoms with Crippen LogP contribution in [0.3, 0.4) is 0 Å². The summed E-state index contributed by atoms with van der Waals surface area (Å²) in [5.74, 6) is -0.276. The average Bonchev–Trinajstić information content (AvgIpc) is 2.55. The van der Waals surface area contributed by atoms with Crippen LogP contribution < -0.4 is 16.4 Å². The maximum atomic E-state index is 12.7. The minimum Gasteiger partial charge on any atom is -0.380 e. The lowest BCUT2D eigenvalue weighted by Crippen LogP contribution is -2.73. The van der Waals surface area contributed by atoms with E-state index in [1.807, 2.05) is 0 Å². The molecule has 0 bridgehead atoms. The van der Waals surface area contributed by atoms with Gasteiger partial charge in [0.1, 0.15) is 0 Å². The smallest absolute Gasteiger partial charge is 0.270 e. The van der Waals surface area contributed by atoms with Gasteiger partial charge >= 0.3 is 0 Å². The van der Waals surface area contributed by atoms with E-state index in [0.717, 1.165) is 0 Å². The second-order valence-electron chi connectivity index (χ2n) is 7.83. The molecular formula is C18H23N3O4. The van der Waals surface area contributed by atoms with Crippen LogP contribution in [0, 0.1) is 10.8 Å². The van der Waals surface area contributed by atoms with Crippen LogP contribution in [0.15, 0.2) is 27.8 Å². The zero-order chi connectivity index (χ0) is 18.6. The van der Waals surface area contributed by atoms with Gasteiger partial charge in [-0.2, -0.15) is 0 Å². The first-order valence-corrected chi connectivity index (χ1v) is 8.19. The molecule has 7 heteroatoms. The van der Waals surface area contributed by atoms with Gasteiger partial charge in [-0.15, -0.1) is 0 Å². The second kappa shape index (κ2) is 5.56. The fourth-order valence-corrected chi connectivity index (χ4v) is 4.64. The van der Waals surface area contributed by atoms with E-state index in [9.17, 15) is 14.4 Å². The Kier molecular flexibility index (Phi) is 3.87. The quantitative estimate of drug-likeness (QED) is 0.782. The number of aromatic nitrogens is 2. The van der Waals surface area contributed by atoms with Crippen LogP contribution in [0.4, 0.5) is 0 Å². The van der Waals surface area contributed by atoms with Gasteiger partial charge in [0.15, 0.2) is 0 Å². The zero-order valence-corrected chi connectivity index (χ0v) is 15.0. The molecule has 0 spiro atoms. The van der Waals surface area contributed by atoms with E-state index in [-0.39, 0.29) is 39.7 Å². The molecule has 3 N–H and O–H groups in total. The molecule has 0 unspecified atom stereocenters. The van der Waals surface area contributed by atoms with Crippen molar-refractivity contribution in [1.29, 1.82) is 0 Å². The number of hydrogen-bond acceptors (Lipinski definition) is 4. The first-order chi connectivity index (χ1) is 11.6. The summed E-state index contributed by atoms with van der Waals surface area (Å²) in [6.07, 6.45) is 0.0308. The molecule has 1 aromatic carbocycles. The van der Waals surface area contributed by atoms with Crippen LogP contribution in [-0.2, 0) is 4.74 Å². The van der Waals surface area contributed by atoms with Gasteiger partial charge in [-0.3, -0.25) is 24.6 Å². The molecule has 1 saturated carbocycles. The minimum absolute atomic E-state index is 0.0308. The Morgan fingerprint density at radius 2 is 1.60 bits per heavy atom. The van der Waals surface area contributed by atoms with Gasteiger partial charge in [0, 0.05) is 29.5 Å². The van der Waals surface area contributed by atoms with Gasteiger partial charge in [-0.25, -0.2) is 0 Å². The summed E-state index contributed by atoms with van der Waals surface area (Å²) in [5, 5.41) is 8.04. The number of fused-ring (bicyclic) bond motifs is 1. The fraction of sp³-hybridized carbons (Fsp3) is 0.500. The number of ether oxygens (including phenoxy) is 1. The Balaban J connectivity index is 1.92. The lowest BCUT2D eigenvalue weighted by molar-refractivity contribution is -0.195. The Labute approximate surface area is 144 Å². The monoisotopic (exact) mass is 345 g/mol. The van der Waals surface area contributed by atoms with Crippen molar-refractivity contribution in [3.05, 3.63) is 44.5 Å². The van der Waals surface area contributed by atoms with Crippen molar-refractivity contribution in [3.8, 4) is 0 Å². The van der Waals surface area contributed by atoms with E-state index in [1.54, 1.807) is 13.2 Å². The summed E-state index contributed by atoms with van der Waals surface area (Å²) in [6, 6.07) is 4.42. The number of H-pyrrole nitrogens is 2. The van der Waals surface area contributed by atoms with Crippen molar-refractivity contribution in [2.45, 2.75) is 39.8 Å². The van der Waals surface area contributed by atoms with Gasteiger partial charge in [0.05, 0.1) is 16.9 Å². The zero-order valence-electron chi connectivity index (χ0n) is 15.0. The number of nitrogens with one attached hydrogen (secondary N) is 3. The van der Waals surface area contributed by atoms with Crippen LogP contribution in [0.25, 0.3) is 10.8 Å². The molecule has 25 heavy (non-hydrogen) atoms. The second-order valence-corrected chi connectivity index (χ2v) is 7.83. The Hall–Kier alpha value is -2.41. The molecule has 1 aromatic heterocycles. The molecule has 0 saturated heterocycles. The highest BCUT2D eigenvalue weighted by molar-refractivity contribution is 5.98. The normalized spacial score (nSPS) is 23.9. The molecule has 1 fully saturated rings. The third-order valence-corrected chi connectivity index (χ3v) is 5.41. The number of carbonyl (C=O) groups is 1. The van der Waals surface area contributed by atoms with Crippen LogP contribution in [0.1, 0.15) is 38.1 Å². The molecule has 2 aromatic rings. The topological polar surface area (TPSA) is 104 Å². The summed E-state index contributed by atoms with van der Waals surface area (Å²) in [6.45, 7) is 8.23. The molecule has 1 heterocycles. The van der Waals surface area contributed by atoms with Crippen LogP contribution in [-0.4, -0.2) is 35.4 Å². The van der Waals surface area contributed by atoms with Gasteiger partial charge in [0.2, 0.25) is 0 Å². The molecular weight excluding hydrogens is 322 g/mol. The van der Waals surface area contributed by atoms with E-state index in [0.29, 0.717) is 5.56 Å². The first-order valence-electron chi connectivity index (χ1n) is 8.19. The maximum Gasteiger partial charge on any atom is 0.270 e. The highest BCUT2D eigenvalue weighted by Gasteiger charge is 2.62. The Morgan fingerprint density at radius 3 is 2.16 bits per heavy atom. The lowest BCUT2D eigenvalue weighted by Gasteiger charge is -2.63. The number of carbonyl (C=O) groups excluding carboxylic acids is 1. The van der Waals surface area contributed by atoms with Crippen molar-refractivity contribution in [1.82, 2.24) is 15.5 Å². The highest BCUT2D eigenvalue weighted by atomic mass is 16.5. The predicted octanol–water partition coefficient (Wildman–Crippen LogP) is 1.40. The summed E-state index contributed by atoms with van der Waals surface area (Å²) in [5.41, 5.74) is -0.909. The van der Waals surface area contributed by atoms with E-state index in [2.05, 4.69) is 43.2 Å². The van der Waals surface area contributed by atoms with Crippen molar-refractivity contribution in [3.63, 3.8) is 0 Å². The largest absolute Gasteiger partial charge is 0.380 e. The SMILES string of the molecule is COC1C(C)(C)C(NC(=O)c2ccc3c(=O)[nH][nH]c(=O)c3c2)C1(C)C. The number of hydrogen-bond donors (Lipinski definition) is 3. The summed E-state index contributed by atoms with van der Waals surface area (Å²) in [7, 11) is 1.68. The first kappa shape index (κ1) is 17.4. The minimum atomic E-state index is -0.437. The van der Waals surface area contributed by atoms with Gasteiger partial charge in [-0.1, -0.05) is 27.7 Å². The van der Waals surface area contributed by atoms with E-state index in [4.69, 9.17) is 4.74 Å². The average molecular weight is 345 g/mol. The standard InChI is InChI=1S/C18H23N3O4/c1-17(2)15(18(3,4)16(17)25-5)19-12(22)9-6-7-10-11(8-9)14(24)21-20-13(10)23/h6-8,15-16H,1-5H3,(H,19,22)(H,20,23)(H,21,24). The van der Waals surface area contributed by atoms with Crippen molar-refractivity contribution < 1.29 is 9.53 Å². The molecule has 1 aliphatic rings. The van der Waals surface area contributed by atoms with Gasteiger partial charge in [-0.05, 0) is 18.2 Å². The lowest BCUT2D eigenvalue weighted by atomic mass is 9.49. The molecule has 3 rings (SSSR count). The van der Waals surface area contributed by atoms with Crippen molar-refractivity contribution >= 4 is 16.7 Å². The number of aromatic amines is 2. The third-order valence-electron chi connectivity index (χ3n) is 5.41. The number of methoxy groups -OCH3 is 1. The molecule has 1 amide bonds. The highest BCUT2D eigenvalue weighted by Crippen LogP contribution is 2.55. The third kappa shape index (κ3) is 2.50. The Morgan fingerprint density at radius 1 is 1.04 bits per heavy atom. The number of benzene rings is 1. The van der Waals surface area contributed by atoms with E-state index >= 15 is 0 Å². The molecule has 1 aliphatic carbocycles. The van der Waals surface area contributed by atoms with Crippen LogP contribution in [0.2, 0.25) is 0 Å². The van der Waals surface area contributed by atoms with Gasteiger partial charge < -0.3 is 10.1 Å². The molecule has 0 radical (unpaired) electrons. The fourth-order valence-electron chi connectivity index (χ4n) is 4.64. The number of amides is 1. The number of rotatable bonds is 3. The van der Waals surface area contributed by atoms with Crippen LogP contribution >= 0.6 is 0 Å². The molecule has 0 aliphatic heterocycles. The van der Waals surface area contributed by atoms with E-state index in [1.165, 1.54) is 12.1 Å². The van der Waals surface area contributed by atoms with Crippen molar-refractivity contribution in [2.75, 3.05) is 7.11 Å². The van der Waals surface area contributed by atoms with E-state index < -0.39 is 11.1 Å². The molecule has 7 nitrogen and oxygen atoms in total. The van der Waals surface area contributed by atoms with Gasteiger partial charge in [0.25, 0.3) is 17.0 Å². The van der Waals surface area contributed by atoms with Crippen molar-refractivity contribution in [2.24, 2.45) is 10.8 Å². The maximum absolute atomic E-state index is 12.7. The summed E-state index contributed by atoms with van der Waals surface area (Å²) < 4.78 is 5.59. The molecule has 134 valence electrons.